The van der Waals surface area contributed by atoms with Crippen molar-refractivity contribution in [2.24, 2.45) is 0 Å². The van der Waals surface area contributed by atoms with Gasteiger partial charge in [0, 0.05) is 56.6 Å². The Bertz CT molecular complexity index is 1370. The Morgan fingerprint density at radius 1 is 0.935 bits per heavy atom. The summed E-state index contributed by atoms with van der Waals surface area (Å²) in [5.74, 6) is 0.303. The average Bonchev–Trinajstić information content (AvgIpc) is 3.24. The lowest BCUT2D eigenvalue weighted by molar-refractivity contribution is 0.602. The number of fused-ring (bicyclic) bond motifs is 1. The Balaban J connectivity index is 1.40. The van der Waals surface area contributed by atoms with Crippen molar-refractivity contribution >= 4 is 40.1 Å². The molecule has 0 saturated heterocycles. The minimum Gasteiger partial charge on any atom is -0.368 e. The van der Waals surface area contributed by atoms with Crippen molar-refractivity contribution in [3.05, 3.63) is 85.1 Å². The lowest BCUT2D eigenvalue weighted by atomic mass is 10.1. The summed E-state index contributed by atoms with van der Waals surface area (Å²) in [6.45, 7) is 0. The minimum atomic E-state index is -0.327. The van der Waals surface area contributed by atoms with Crippen LogP contribution in [0.1, 0.15) is 0 Å². The molecule has 0 atom stereocenters. The van der Waals surface area contributed by atoms with Crippen LogP contribution in [0.3, 0.4) is 0 Å². The van der Waals surface area contributed by atoms with Crippen molar-refractivity contribution in [1.29, 1.82) is 0 Å². The SMILES string of the molecule is Nc1nc(Nc2ccc(Sc3ccncc3)c(F)c2)cc(-c2ccc3[nH]ccc3c2)n1. The molecule has 0 fully saturated rings. The third-order valence-corrected chi connectivity index (χ3v) is 5.73. The molecule has 0 radical (unpaired) electrons. The van der Waals surface area contributed by atoms with E-state index in [2.05, 4.69) is 25.3 Å². The molecule has 0 aliphatic rings. The Hall–Kier alpha value is -3.91. The van der Waals surface area contributed by atoms with Gasteiger partial charge in [0.05, 0.1) is 5.69 Å². The summed E-state index contributed by atoms with van der Waals surface area (Å²) >= 11 is 1.34. The van der Waals surface area contributed by atoms with Gasteiger partial charge >= 0.3 is 0 Å². The van der Waals surface area contributed by atoms with E-state index in [-0.39, 0.29) is 11.8 Å². The van der Waals surface area contributed by atoms with Crippen molar-refractivity contribution in [2.45, 2.75) is 9.79 Å². The number of H-pyrrole nitrogens is 1. The summed E-state index contributed by atoms with van der Waals surface area (Å²) in [6, 6.07) is 18.4. The molecule has 2 aromatic carbocycles. The van der Waals surface area contributed by atoms with Crippen LogP contribution in [-0.2, 0) is 0 Å². The highest BCUT2D eigenvalue weighted by Gasteiger charge is 2.09. The number of anilines is 3. The van der Waals surface area contributed by atoms with E-state index in [0.717, 1.165) is 21.4 Å². The van der Waals surface area contributed by atoms with E-state index in [9.17, 15) is 4.39 Å². The molecule has 6 nitrogen and oxygen atoms in total. The fourth-order valence-electron chi connectivity index (χ4n) is 3.23. The monoisotopic (exact) mass is 428 g/mol. The number of hydrogen-bond donors (Lipinski definition) is 3. The van der Waals surface area contributed by atoms with Gasteiger partial charge in [-0.15, -0.1) is 0 Å². The molecule has 0 saturated carbocycles. The van der Waals surface area contributed by atoms with Crippen molar-refractivity contribution in [3.8, 4) is 11.3 Å². The van der Waals surface area contributed by atoms with E-state index in [0.29, 0.717) is 22.1 Å². The molecule has 4 N–H and O–H groups in total. The number of halogens is 1. The van der Waals surface area contributed by atoms with E-state index < -0.39 is 0 Å². The molecule has 0 amide bonds. The number of hydrogen-bond acceptors (Lipinski definition) is 6. The van der Waals surface area contributed by atoms with Gasteiger partial charge in [-0.3, -0.25) is 4.98 Å². The van der Waals surface area contributed by atoms with Gasteiger partial charge in [-0.2, -0.15) is 4.98 Å². The second-order valence-electron chi connectivity index (χ2n) is 6.83. The largest absolute Gasteiger partial charge is 0.368 e. The predicted molar refractivity (Wildman–Crippen MR) is 122 cm³/mol. The molecule has 0 aliphatic heterocycles. The number of nitrogens with two attached hydrogens (primary N) is 1. The number of aromatic amines is 1. The van der Waals surface area contributed by atoms with E-state index in [4.69, 9.17) is 5.73 Å². The van der Waals surface area contributed by atoms with E-state index in [1.165, 1.54) is 17.8 Å². The number of nitrogens with zero attached hydrogens (tertiary/aromatic N) is 3. The van der Waals surface area contributed by atoms with Crippen molar-refractivity contribution in [3.63, 3.8) is 0 Å². The maximum absolute atomic E-state index is 14.6. The van der Waals surface area contributed by atoms with E-state index >= 15 is 0 Å². The second kappa shape index (κ2) is 8.08. The van der Waals surface area contributed by atoms with Crippen LogP contribution in [-0.4, -0.2) is 19.9 Å². The lowest BCUT2D eigenvalue weighted by Gasteiger charge is -2.10. The molecule has 0 spiro atoms. The molecular formula is C23H17FN6S. The van der Waals surface area contributed by atoms with Gasteiger partial charge in [0.25, 0.3) is 0 Å². The van der Waals surface area contributed by atoms with Gasteiger partial charge in [-0.1, -0.05) is 17.8 Å². The van der Waals surface area contributed by atoms with Gasteiger partial charge in [0.1, 0.15) is 11.6 Å². The van der Waals surface area contributed by atoms with Crippen LogP contribution < -0.4 is 11.1 Å². The number of nitrogen functional groups attached to an aromatic ring is 1. The molecule has 8 heteroatoms. The summed E-state index contributed by atoms with van der Waals surface area (Å²) in [4.78, 5) is 17.2. The molecule has 0 unspecified atom stereocenters. The maximum atomic E-state index is 14.6. The van der Waals surface area contributed by atoms with E-state index in [1.54, 1.807) is 30.6 Å². The van der Waals surface area contributed by atoms with Crippen LogP contribution in [0.5, 0.6) is 0 Å². The number of rotatable bonds is 5. The zero-order chi connectivity index (χ0) is 21.2. The van der Waals surface area contributed by atoms with Crippen molar-refractivity contribution in [1.82, 2.24) is 19.9 Å². The second-order valence-corrected chi connectivity index (χ2v) is 7.95. The highest BCUT2D eigenvalue weighted by molar-refractivity contribution is 7.99. The van der Waals surface area contributed by atoms with Gasteiger partial charge < -0.3 is 16.0 Å². The molecule has 0 aliphatic carbocycles. The van der Waals surface area contributed by atoms with Crippen molar-refractivity contribution < 1.29 is 4.39 Å². The topological polar surface area (TPSA) is 92.5 Å². The Morgan fingerprint density at radius 2 is 1.81 bits per heavy atom. The van der Waals surface area contributed by atoms with Crippen LogP contribution in [0, 0.1) is 5.82 Å². The van der Waals surface area contributed by atoms with Crippen LogP contribution in [0.2, 0.25) is 0 Å². The van der Waals surface area contributed by atoms with E-state index in [1.807, 2.05) is 42.6 Å². The quantitative estimate of drug-likeness (QED) is 0.336. The summed E-state index contributed by atoms with van der Waals surface area (Å²) in [7, 11) is 0. The molecular weight excluding hydrogens is 411 g/mol. The standard InChI is InChI=1S/C23H17FN6S/c24-18-12-16(2-4-21(18)31-17-6-8-26-9-7-17)28-22-13-20(29-23(25)30-22)14-1-3-19-15(11-14)5-10-27-19/h1-13,27H,(H3,25,28,29,30). The highest BCUT2D eigenvalue weighted by atomic mass is 32.2. The summed E-state index contributed by atoms with van der Waals surface area (Å²) in [5, 5.41) is 4.20. The molecule has 5 rings (SSSR count). The van der Waals surface area contributed by atoms with Gasteiger partial charge in [-0.25, -0.2) is 9.37 Å². The summed E-state index contributed by atoms with van der Waals surface area (Å²) in [5.41, 5.74) is 9.15. The molecule has 3 heterocycles. The van der Waals surface area contributed by atoms with Gasteiger partial charge in [0.15, 0.2) is 0 Å². The van der Waals surface area contributed by atoms with Crippen LogP contribution in [0.4, 0.5) is 21.8 Å². The summed E-state index contributed by atoms with van der Waals surface area (Å²) < 4.78 is 14.6. The average molecular weight is 428 g/mol. The van der Waals surface area contributed by atoms with Crippen LogP contribution in [0.25, 0.3) is 22.2 Å². The first kappa shape index (κ1) is 19.1. The fraction of sp³-hybridized carbons (Fsp3) is 0. The first-order valence-corrected chi connectivity index (χ1v) is 10.3. The molecule has 5 aromatic rings. The third-order valence-electron chi connectivity index (χ3n) is 4.67. The van der Waals surface area contributed by atoms with Crippen LogP contribution >= 0.6 is 11.8 Å². The smallest absolute Gasteiger partial charge is 0.222 e. The zero-order valence-corrected chi connectivity index (χ0v) is 17.0. The van der Waals surface area contributed by atoms with Crippen LogP contribution in [0.15, 0.2) is 89.0 Å². The first-order chi connectivity index (χ1) is 15.1. The Morgan fingerprint density at radius 3 is 2.65 bits per heavy atom. The fourth-order valence-corrected chi connectivity index (χ4v) is 4.04. The van der Waals surface area contributed by atoms with Crippen molar-refractivity contribution in [2.75, 3.05) is 11.1 Å². The Kier molecular flexibility index (Phi) is 4.97. The number of nitrogens with one attached hydrogen (secondary N) is 2. The van der Waals surface area contributed by atoms with Gasteiger partial charge in [-0.05, 0) is 48.5 Å². The minimum absolute atomic E-state index is 0.138. The third kappa shape index (κ3) is 4.19. The van der Waals surface area contributed by atoms with Gasteiger partial charge in [0.2, 0.25) is 5.95 Å². The molecule has 31 heavy (non-hydrogen) atoms. The highest BCUT2D eigenvalue weighted by Crippen LogP contribution is 2.32. The lowest BCUT2D eigenvalue weighted by Crippen LogP contribution is -2.02. The molecule has 3 aromatic heterocycles. The number of aromatic nitrogens is 4. The molecule has 0 bridgehead atoms. The normalized spacial score (nSPS) is 11.0. The summed E-state index contributed by atoms with van der Waals surface area (Å²) in [6.07, 6.45) is 5.25. The number of benzene rings is 2. The Labute approximate surface area is 181 Å². The molecule has 152 valence electrons. The maximum Gasteiger partial charge on any atom is 0.222 e. The predicted octanol–water partition coefficient (Wildman–Crippen LogP) is 5.64. The first-order valence-electron chi connectivity index (χ1n) is 9.50. The number of pyridine rings is 1. The zero-order valence-electron chi connectivity index (χ0n) is 16.2.